The summed E-state index contributed by atoms with van der Waals surface area (Å²) in [6, 6.07) is 14.2. The molecule has 25 heavy (non-hydrogen) atoms. The molecule has 2 aromatic heterocycles. The minimum atomic E-state index is -3.34. The number of sulfone groups is 1. The van der Waals surface area contributed by atoms with E-state index in [1.165, 1.54) is 0 Å². The first-order valence-electron chi connectivity index (χ1n) is 7.78. The maximum atomic E-state index is 12.6. The van der Waals surface area contributed by atoms with Gasteiger partial charge in [-0.25, -0.2) is 13.4 Å². The van der Waals surface area contributed by atoms with Gasteiger partial charge in [0.2, 0.25) is 0 Å². The summed E-state index contributed by atoms with van der Waals surface area (Å²) < 4.78 is 27.3. The van der Waals surface area contributed by atoms with Crippen LogP contribution in [0.2, 0.25) is 5.02 Å². The Labute approximate surface area is 154 Å². The summed E-state index contributed by atoms with van der Waals surface area (Å²) >= 11 is 7.71. The van der Waals surface area contributed by atoms with Crippen LogP contribution in [0.25, 0.3) is 21.3 Å². The van der Waals surface area contributed by atoms with Crippen molar-refractivity contribution in [2.45, 2.75) is 18.4 Å². The zero-order valence-corrected chi connectivity index (χ0v) is 15.8. The van der Waals surface area contributed by atoms with E-state index >= 15 is 0 Å². The Bertz CT molecular complexity index is 1180. The van der Waals surface area contributed by atoms with Crippen molar-refractivity contribution in [3.8, 4) is 0 Å². The SMILES string of the molecule is Cc1nc2c3cc(Cl)ccc3n(CCS(=O)(=O)c3ccccc3)c2s1. The summed E-state index contributed by atoms with van der Waals surface area (Å²) in [5.74, 6) is 0.0372. The van der Waals surface area contributed by atoms with Crippen LogP contribution >= 0.6 is 22.9 Å². The fraction of sp³-hybridized carbons (Fsp3) is 0.167. The lowest BCUT2D eigenvalue weighted by molar-refractivity contribution is 0.591. The van der Waals surface area contributed by atoms with E-state index in [0.717, 1.165) is 26.3 Å². The van der Waals surface area contributed by atoms with Gasteiger partial charge in [-0.2, -0.15) is 0 Å². The first kappa shape index (κ1) is 16.6. The Morgan fingerprint density at radius 2 is 1.92 bits per heavy atom. The lowest BCUT2D eigenvalue weighted by Crippen LogP contribution is -2.12. The minimum Gasteiger partial charge on any atom is -0.330 e. The molecule has 0 N–H and O–H groups in total. The van der Waals surface area contributed by atoms with Gasteiger partial charge in [0.05, 0.1) is 21.2 Å². The molecule has 2 aromatic carbocycles. The third kappa shape index (κ3) is 2.94. The highest BCUT2D eigenvalue weighted by atomic mass is 35.5. The van der Waals surface area contributed by atoms with Gasteiger partial charge in [-0.1, -0.05) is 29.8 Å². The molecule has 0 aliphatic rings. The summed E-state index contributed by atoms with van der Waals surface area (Å²) in [6.07, 6.45) is 0. The topological polar surface area (TPSA) is 52.0 Å². The van der Waals surface area contributed by atoms with Gasteiger partial charge in [0.15, 0.2) is 9.84 Å². The summed E-state index contributed by atoms with van der Waals surface area (Å²) in [5, 5.41) is 2.56. The molecule has 0 radical (unpaired) electrons. The van der Waals surface area contributed by atoms with Crippen molar-refractivity contribution in [1.29, 1.82) is 0 Å². The number of halogens is 1. The highest BCUT2D eigenvalue weighted by Gasteiger charge is 2.19. The van der Waals surface area contributed by atoms with Crippen LogP contribution in [0, 0.1) is 6.92 Å². The van der Waals surface area contributed by atoms with E-state index in [1.54, 1.807) is 35.6 Å². The Hall–Kier alpha value is -1.89. The third-order valence-electron chi connectivity index (χ3n) is 4.15. The summed E-state index contributed by atoms with van der Waals surface area (Å²) in [5.41, 5.74) is 1.85. The molecule has 0 saturated heterocycles. The van der Waals surface area contributed by atoms with Crippen molar-refractivity contribution < 1.29 is 8.42 Å². The fourth-order valence-electron chi connectivity index (χ4n) is 3.00. The van der Waals surface area contributed by atoms with E-state index in [-0.39, 0.29) is 5.75 Å². The number of fused-ring (bicyclic) bond motifs is 3. The van der Waals surface area contributed by atoms with E-state index < -0.39 is 9.84 Å². The van der Waals surface area contributed by atoms with Crippen molar-refractivity contribution in [3.05, 3.63) is 58.6 Å². The molecule has 0 aliphatic heterocycles. The average Bonchev–Trinajstić information content (AvgIpc) is 3.09. The van der Waals surface area contributed by atoms with Crippen LogP contribution in [-0.2, 0) is 16.4 Å². The van der Waals surface area contributed by atoms with Gasteiger partial charge >= 0.3 is 0 Å². The van der Waals surface area contributed by atoms with Crippen LogP contribution in [0.3, 0.4) is 0 Å². The molecule has 0 saturated carbocycles. The Morgan fingerprint density at radius 3 is 2.68 bits per heavy atom. The second-order valence-electron chi connectivity index (χ2n) is 5.83. The van der Waals surface area contributed by atoms with Crippen LogP contribution in [0.4, 0.5) is 0 Å². The number of aromatic nitrogens is 2. The number of thiazole rings is 1. The molecule has 0 fully saturated rings. The molecule has 4 nitrogen and oxygen atoms in total. The van der Waals surface area contributed by atoms with E-state index in [2.05, 4.69) is 4.98 Å². The maximum Gasteiger partial charge on any atom is 0.180 e. The molecule has 2 heterocycles. The first-order chi connectivity index (χ1) is 12.0. The van der Waals surface area contributed by atoms with Crippen LogP contribution in [0.15, 0.2) is 53.4 Å². The van der Waals surface area contributed by atoms with Gasteiger partial charge in [-0.3, -0.25) is 0 Å². The molecule has 0 aliphatic carbocycles. The Morgan fingerprint density at radius 1 is 1.16 bits per heavy atom. The van der Waals surface area contributed by atoms with Gasteiger partial charge in [-0.15, -0.1) is 11.3 Å². The van der Waals surface area contributed by atoms with E-state index in [1.807, 2.05) is 35.8 Å². The Balaban J connectivity index is 1.78. The number of hydrogen-bond acceptors (Lipinski definition) is 4. The monoisotopic (exact) mass is 390 g/mol. The zero-order valence-electron chi connectivity index (χ0n) is 13.4. The van der Waals surface area contributed by atoms with E-state index in [9.17, 15) is 8.42 Å². The fourth-order valence-corrected chi connectivity index (χ4v) is 5.37. The molecule has 0 spiro atoms. The minimum absolute atomic E-state index is 0.0372. The standard InChI is InChI=1S/C18H15ClN2O2S2/c1-12-20-17-15-11-13(19)7-8-16(15)21(18(17)24-12)9-10-25(22,23)14-5-3-2-4-6-14/h2-8,11H,9-10H2,1H3. The maximum absolute atomic E-state index is 12.6. The average molecular weight is 391 g/mol. The van der Waals surface area contributed by atoms with E-state index in [4.69, 9.17) is 11.6 Å². The van der Waals surface area contributed by atoms with Gasteiger partial charge in [0.25, 0.3) is 0 Å². The molecule has 7 heteroatoms. The molecule has 0 amide bonds. The lowest BCUT2D eigenvalue weighted by Gasteiger charge is -2.08. The highest BCUT2D eigenvalue weighted by molar-refractivity contribution is 7.91. The predicted molar refractivity (Wildman–Crippen MR) is 103 cm³/mol. The van der Waals surface area contributed by atoms with Crippen molar-refractivity contribution in [2.75, 3.05) is 5.75 Å². The van der Waals surface area contributed by atoms with Crippen LogP contribution in [-0.4, -0.2) is 23.7 Å². The molecule has 4 rings (SSSR count). The smallest absolute Gasteiger partial charge is 0.180 e. The molecule has 0 unspecified atom stereocenters. The molecule has 0 atom stereocenters. The Kier molecular flexibility index (Phi) is 4.06. The van der Waals surface area contributed by atoms with Gasteiger partial charge in [-0.05, 0) is 37.3 Å². The second-order valence-corrected chi connectivity index (χ2v) is 9.56. The second kappa shape index (κ2) is 6.12. The normalized spacial score (nSPS) is 12.2. The third-order valence-corrected chi connectivity index (χ3v) is 7.09. The number of aryl methyl sites for hydroxylation is 2. The van der Waals surface area contributed by atoms with Crippen molar-refractivity contribution in [2.24, 2.45) is 0 Å². The van der Waals surface area contributed by atoms with E-state index in [0.29, 0.717) is 16.5 Å². The van der Waals surface area contributed by atoms with Crippen molar-refractivity contribution in [1.82, 2.24) is 9.55 Å². The van der Waals surface area contributed by atoms with Crippen molar-refractivity contribution in [3.63, 3.8) is 0 Å². The highest BCUT2D eigenvalue weighted by Crippen LogP contribution is 2.34. The summed E-state index contributed by atoms with van der Waals surface area (Å²) in [4.78, 5) is 5.93. The largest absolute Gasteiger partial charge is 0.330 e. The van der Waals surface area contributed by atoms with Gasteiger partial charge in [0, 0.05) is 17.0 Å². The summed E-state index contributed by atoms with van der Waals surface area (Å²) in [6.45, 7) is 2.33. The van der Waals surface area contributed by atoms with Crippen molar-refractivity contribution >= 4 is 54.0 Å². The predicted octanol–water partition coefficient (Wildman–Crippen LogP) is 4.69. The zero-order chi connectivity index (χ0) is 17.6. The number of benzene rings is 2. The number of rotatable bonds is 4. The number of nitrogens with zero attached hydrogens (tertiary/aromatic N) is 2. The van der Waals surface area contributed by atoms with Crippen LogP contribution in [0.1, 0.15) is 5.01 Å². The lowest BCUT2D eigenvalue weighted by atomic mass is 10.2. The molecular formula is C18H15ClN2O2S2. The van der Waals surface area contributed by atoms with Crippen LogP contribution < -0.4 is 0 Å². The molecule has 128 valence electrons. The van der Waals surface area contributed by atoms with Gasteiger partial charge < -0.3 is 4.57 Å². The quantitative estimate of drug-likeness (QED) is 0.508. The number of hydrogen-bond donors (Lipinski definition) is 0. The molecular weight excluding hydrogens is 376 g/mol. The molecule has 0 bridgehead atoms. The first-order valence-corrected chi connectivity index (χ1v) is 10.6. The molecule has 4 aromatic rings. The van der Waals surface area contributed by atoms with Gasteiger partial charge in [0.1, 0.15) is 10.3 Å². The summed E-state index contributed by atoms with van der Waals surface area (Å²) in [7, 11) is -3.34. The van der Waals surface area contributed by atoms with Crippen LogP contribution in [0.5, 0.6) is 0 Å².